The molecule has 1 aromatic carbocycles. The van der Waals surface area contributed by atoms with Gasteiger partial charge in [0.15, 0.2) is 5.78 Å². The molecule has 0 amide bonds. The van der Waals surface area contributed by atoms with Crippen LogP contribution in [0.5, 0.6) is 0 Å². The number of carbonyl (C=O) groups is 1. The zero-order valence-corrected chi connectivity index (χ0v) is 13.9. The number of alkyl halides is 3. The second-order valence-corrected chi connectivity index (χ2v) is 8.58. The van der Waals surface area contributed by atoms with Crippen LogP contribution in [0.1, 0.15) is 22.8 Å². The number of benzene rings is 1. The van der Waals surface area contributed by atoms with Gasteiger partial charge in [-0.25, -0.2) is 0 Å². The Balaban J connectivity index is 2.49. The van der Waals surface area contributed by atoms with Gasteiger partial charge in [-0.1, -0.05) is 64.6 Å². The highest BCUT2D eigenvalue weighted by Gasteiger charge is 2.23. The predicted octanol–water partition coefficient (Wildman–Crippen LogP) is 5.49. The van der Waals surface area contributed by atoms with Crippen LogP contribution in [-0.2, 0) is 0 Å². The molecule has 6 heteroatoms. The minimum Gasteiger partial charge on any atom is -0.294 e. The van der Waals surface area contributed by atoms with Crippen molar-refractivity contribution in [3.63, 3.8) is 0 Å². The molecule has 2 nitrogen and oxygen atoms in total. The van der Waals surface area contributed by atoms with E-state index in [1.54, 1.807) is 16.4 Å². The fourth-order valence-electron chi connectivity index (χ4n) is 1.93. The lowest BCUT2D eigenvalue weighted by Gasteiger charge is -2.09. The molecule has 0 aliphatic rings. The van der Waals surface area contributed by atoms with E-state index in [2.05, 4.69) is 0 Å². The molecule has 0 spiro atoms. The number of halogens is 3. The Labute approximate surface area is 137 Å². The SMILES string of the molecule is CC(=O)c1cn(SC(Cl)(Cl)Cl)cc1-c1cccc(C)c1. The Morgan fingerprint density at radius 2 is 1.95 bits per heavy atom. The Hall–Kier alpha value is -0.610. The normalized spacial score (nSPS) is 11.7. The van der Waals surface area contributed by atoms with Gasteiger partial charge < -0.3 is 0 Å². The number of ketones is 1. The molecule has 0 aliphatic carbocycles. The van der Waals surface area contributed by atoms with Gasteiger partial charge in [0.25, 0.3) is 3.12 Å². The first-order chi connectivity index (χ1) is 9.26. The van der Waals surface area contributed by atoms with E-state index < -0.39 is 3.12 Å². The van der Waals surface area contributed by atoms with Crippen molar-refractivity contribution in [1.82, 2.24) is 3.97 Å². The number of carbonyl (C=O) groups excluding carboxylic acids is 1. The second-order valence-electron chi connectivity index (χ2n) is 4.41. The van der Waals surface area contributed by atoms with Crippen molar-refractivity contribution in [1.29, 1.82) is 0 Å². The predicted molar refractivity (Wildman–Crippen MR) is 87.9 cm³/mol. The molecule has 2 aromatic rings. The minimum atomic E-state index is -1.48. The highest BCUT2D eigenvalue weighted by molar-refractivity contribution is 8.03. The Bertz CT molecular complexity index is 646. The van der Waals surface area contributed by atoms with E-state index in [1.807, 2.05) is 31.2 Å². The summed E-state index contributed by atoms with van der Waals surface area (Å²) in [7, 11) is 0. The van der Waals surface area contributed by atoms with E-state index in [1.165, 1.54) is 6.92 Å². The molecule has 0 radical (unpaired) electrons. The van der Waals surface area contributed by atoms with Crippen LogP contribution in [0.15, 0.2) is 36.7 Å². The first kappa shape index (κ1) is 15.8. The molecule has 0 unspecified atom stereocenters. The van der Waals surface area contributed by atoms with E-state index in [4.69, 9.17) is 34.8 Å². The maximum Gasteiger partial charge on any atom is 0.256 e. The van der Waals surface area contributed by atoms with Gasteiger partial charge >= 0.3 is 0 Å². The van der Waals surface area contributed by atoms with Gasteiger partial charge in [-0.05, 0) is 19.4 Å². The van der Waals surface area contributed by atoms with Crippen LogP contribution in [0.2, 0.25) is 0 Å². The van der Waals surface area contributed by atoms with E-state index in [0.717, 1.165) is 28.6 Å². The van der Waals surface area contributed by atoms with Gasteiger partial charge in [0, 0.05) is 35.5 Å². The van der Waals surface area contributed by atoms with Gasteiger partial charge in [0.1, 0.15) is 0 Å². The summed E-state index contributed by atoms with van der Waals surface area (Å²) in [6, 6.07) is 7.93. The lowest BCUT2D eigenvalue weighted by molar-refractivity contribution is 0.101. The number of nitrogens with zero attached hydrogens (tertiary/aromatic N) is 1. The molecule has 1 heterocycles. The van der Waals surface area contributed by atoms with Crippen molar-refractivity contribution in [3.05, 3.63) is 47.8 Å². The van der Waals surface area contributed by atoms with Gasteiger partial charge in [-0.3, -0.25) is 8.77 Å². The smallest absolute Gasteiger partial charge is 0.256 e. The van der Waals surface area contributed by atoms with E-state index in [0.29, 0.717) is 5.56 Å². The van der Waals surface area contributed by atoms with Crippen LogP contribution < -0.4 is 0 Å². The Morgan fingerprint density at radius 1 is 1.25 bits per heavy atom. The zero-order chi connectivity index (χ0) is 14.9. The summed E-state index contributed by atoms with van der Waals surface area (Å²) < 4.78 is 0.179. The molecule has 0 saturated heterocycles. The fraction of sp³-hybridized carbons (Fsp3) is 0.214. The summed E-state index contributed by atoms with van der Waals surface area (Å²) in [5.41, 5.74) is 3.54. The molecule has 0 atom stereocenters. The maximum absolute atomic E-state index is 11.8. The average molecular weight is 349 g/mol. The lowest BCUT2D eigenvalue weighted by atomic mass is 10.0. The van der Waals surface area contributed by atoms with E-state index >= 15 is 0 Å². The van der Waals surface area contributed by atoms with Crippen LogP contribution in [0, 0.1) is 6.92 Å². The molecular formula is C14H12Cl3NOS. The highest BCUT2D eigenvalue weighted by atomic mass is 35.6. The molecule has 0 bridgehead atoms. The third-order valence-electron chi connectivity index (χ3n) is 2.72. The van der Waals surface area contributed by atoms with Crippen molar-refractivity contribution >= 4 is 52.5 Å². The number of hydrogen-bond donors (Lipinski definition) is 0. The second kappa shape index (κ2) is 6.02. The number of Topliss-reactive ketones (excluding diaryl/α,β-unsaturated/α-hetero) is 1. The molecule has 2 rings (SSSR count). The van der Waals surface area contributed by atoms with Crippen molar-refractivity contribution in [2.75, 3.05) is 0 Å². The number of hydrogen-bond acceptors (Lipinski definition) is 2. The monoisotopic (exact) mass is 347 g/mol. The topological polar surface area (TPSA) is 22.0 Å². The average Bonchev–Trinajstić information content (AvgIpc) is 2.70. The quantitative estimate of drug-likeness (QED) is 0.540. The van der Waals surface area contributed by atoms with Crippen molar-refractivity contribution < 1.29 is 4.79 Å². The standard InChI is InChI=1S/C14H12Cl3NOS/c1-9-4-3-5-11(6-9)13-8-18(20-14(15,16)17)7-12(13)10(2)19/h3-8H,1-2H3. The lowest BCUT2D eigenvalue weighted by Crippen LogP contribution is -1.98. The Morgan fingerprint density at radius 3 is 2.50 bits per heavy atom. The first-order valence-corrected chi connectivity index (χ1v) is 7.73. The van der Waals surface area contributed by atoms with Crippen molar-refractivity contribution in [2.45, 2.75) is 17.0 Å². The van der Waals surface area contributed by atoms with Gasteiger partial charge in [-0.15, -0.1) is 0 Å². The number of aromatic nitrogens is 1. The van der Waals surface area contributed by atoms with Crippen LogP contribution in [-0.4, -0.2) is 12.9 Å². The van der Waals surface area contributed by atoms with Crippen LogP contribution in [0.25, 0.3) is 11.1 Å². The third kappa shape index (κ3) is 3.95. The van der Waals surface area contributed by atoms with E-state index in [9.17, 15) is 4.79 Å². The summed E-state index contributed by atoms with van der Waals surface area (Å²) in [4.78, 5) is 11.8. The molecule has 0 saturated carbocycles. The Kier molecular flexibility index (Phi) is 4.75. The summed E-state index contributed by atoms with van der Waals surface area (Å²) in [5, 5.41) is 0. The maximum atomic E-state index is 11.8. The van der Waals surface area contributed by atoms with Crippen LogP contribution >= 0.6 is 46.8 Å². The first-order valence-electron chi connectivity index (χ1n) is 5.82. The van der Waals surface area contributed by atoms with Crippen LogP contribution in [0.4, 0.5) is 0 Å². The third-order valence-corrected chi connectivity index (χ3v) is 3.97. The van der Waals surface area contributed by atoms with Crippen molar-refractivity contribution in [2.24, 2.45) is 0 Å². The van der Waals surface area contributed by atoms with Gasteiger partial charge in [0.05, 0.1) is 0 Å². The summed E-state index contributed by atoms with van der Waals surface area (Å²) in [6.45, 7) is 3.53. The number of aryl methyl sites for hydroxylation is 1. The molecule has 1 aromatic heterocycles. The molecule has 0 aliphatic heterocycles. The van der Waals surface area contributed by atoms with Crippen molar-refractivity contribution in [3.8, 4) is 11.1 Å². The van der Waals surface area contributed by atoms with Gasteiger partial charge in [-0.2, -0.15) is 0 Å². The minimum absolute atomic E-state index is 0.0230. The zero-order valence-electron chi connectivity index (χ0n) is 10.9. The molecule has 0 N–H and O–H groups in total. The molecular weight excluding hydrogens is 337 g/mol. The van der Waals surface area contributed by atoms with E-state index in [-0.39, 0.29) is 5.78 Å². The van der Waals surface area contributed by atoms with Crippen LogP contribution in [0.3, 0.4) is 0 Å². The summed E-state index contributed by atoms with van der Waals surface area (Å²) in [5.74, 6) is -0.0230. The highest BCUT2D eigenvalue weighted by Crippen LogP contribution is 2.41. The molecule has 20 heavy (non-hydrogen) atoms. The number of rotatable bonds is 3. The molecule has 106 valence electrons. The largest absolute Gasteiger partial charge is 0.294 e. The fourth-order valence-corrected chi connectivity index (χ4v) is 3.20. The van der Waals surface area contributed by atoms with Gasteiger partial charge in [0.2, 0.25) is 0 Å². The summed E-state index contributed by atoms with van der Waals surface area (Å²) in [6.07, 6.45) is 3.49. The molecule has 0 fully saturated rings. The summed E-state index contributed by atoms with van der Waals surface area (Å²) >= 11 is 18.3.